The number of hydrogen-bond acceptors (Lipinski definition) is 5. The molecule has 0 aliphatic heterocycles. The molecular weight excluding hydrogens is 344 g/mol. The first-order valence-electron chi connectivity index (χ1n) is 7.33. The zero-order valence-electron chi connectivity index (χ0n) is 13.3. The van der Waals surface area contributed by atoms with E-state index in [2.05, 4.69) is 9.71 Å². The van der Waals surface area contributed by atoms with Gasteiger partial charge in [-0.25, -0.2) is 18.1 Å². The fourth-order valence-corrected chi connectivity index (χ4v) is 3.34. The second kappa shape index (κ2) is 6.54. The number of carbonyl (C=O) groups excluding carboxylic acids is 1. The molecule has 9 heteroatoms. The summed E-state index contributed by atoms with van der Waals surface area (Å²) in [5, 5.41) is 0. The molecule has 0 aliphatic rings. The molecule has 2 heterocycles. The summed E-state index contributed by atoms with van der Waals surface area (Å²) in [6, 6.07) is 10.6. The highest BCUT2D eigenvalue weighted by atomic mass is 32.2. The average Bonchev–Trinajstić information content (AvgIpc) is 3.21. The van der Waals surface area contributed by atoms with Crippen LogP contribution < -0.4 is 10.5 Å². The van der Waals surface area contributed by atoms with Gasteiger partial charge in [-0.2, -0.15) is 0 Å². The number of hydrogen-bond donors (Lipinski definition) is 2. The van der Waals surface area contributed by atoms with Crippen LogP contribution in [0.1, 0.15) is 16.4 Å². The summed E-state index contributed by atoms with van der Waals surface area (Å²) in [5.41, 5.74) is 6.14. The summed E-state index contributed by atoms with van der Waals surface area (Å²) >= 11 is 0. The summed E-state index contributed by atoms with van der Waals surface area (Å²) in [4.78, 5) is 15.3. The Bertz CT molecular complexity index is 1010. The lowest BCUT2D eigenvalue weighted by molar-refractivity contribution is 0.0992. The Labute approximate surface area is 144 Å². The molecular formula is C16H16N4O4S. The lowest BCUT2D eigenvalue weighted by Gasteiger charge is -2.02. The van der Waals surface area contributed by atoms with E-state index in [1.165, 1.54) is 23.0 Å². The maximum absolute atomic E-state index is 12.3. The summed E-state index contributed by atoms with van der Waals surface area (Å²) in [5.74, 6) is 0.0724. The first-order chi connectivity index (χ1) is 11.9. The van der Waals surface area contributed by atoms with Crippen molar-refractivity contribution in [2.24, 2.45) is 12.8 Å². The van der Waals surface area contributed by atoms with Crippen LogP contribution in [0.2, 0.25) is 0 Å². The number of nitrogens with zero attached hydrogens (tertiary/aromatic N) is 2. The SMILES string of the molecule is Cn1cc(S(=O)(=O)NCc2ncc(-c3ccccc3)o2)cc1C(N)=O. The number of nitrogens with two attached hydrogens (primary N) is 1. The van der Waals surface area contributed by atoms with E-state index in [0.717, 1.165) is 5.56 Å². The number of rotatable bonds is 6. The molecule has 3 N–H and O–H groups in total. The maximum atomic E-state index is 12.3. The molecule has 0 saturated heterocycles. The third kappa shape index (κ3) is 3.62. The molecule has 8 nitrogen and oxygen atoms in total. The van der Waals surface area contributed by atoms with Crippen molar-refractivity contribution in [3.8, 4) is 11.3 Å². The number of aryl methyl sites for hydroxylation is 1. The van der Waals surface area contributed by atoms with Gasteiger partial charge in [-0.15, -0.1) is 0 Å². The molecule has 25 heavy (non-hydrogen) atoms. The van der Waals surface area contributed by atoms with Crippen molar-refractivity contribution in [3.63, 3.8) is 0 Å². The zero-order valence-corrected chi connectivity index (χ0v) is 14.2. The number of aromatic nitrogens is 2. The van der Waals surface area contributed by atoms with Crippen LogP contribution in [0.25, 0.3) is 11.3 Å². The van der Waals surface area contributed by atoms with Gasteiger partial charge in [0.25, 0.3) is 5.91 Å². The van der Waals surface area contributed by atoms with E-state index in [4.69, 9.17) is 10.2 Å². The number of amides is 1. The van der Waals surface area contributed by atoms with E-state index in [-0.39, 0.29) is 23.0 Å². The molecule has 0 bridgehead atoms. The van der Waals surface area contributed by atoms with Gasteiger partial charge in [-0.05, 0) is 6.07 Å². The Kier molecular flexibility index (Phi) is 4.43. The molecule has 0 aliphatic carbocycles. The number of primary amides is 1. The number of carbonyl (C=O) groups is 1. The molecule has 0 atom stereocenters. The second-order valence-electron chi connectivity index (χ2n) is 5.35. The van der Waals surface area contributed by atoms with Gasteiger partial charge in [0.05, 0.1) is 12.7 Å². The van der Waals surface area contributed by atoms with Gasteiger partial charge in [0.1, 0.15) is 10.6 Å². The van der Waals surface area contributed by atoms with Crippen molar-refractivity contribution in [1.82, 2.24) is 14.3 Å². The van der Waals surface area contributed by atoms with E-state index in [1.54, 1.807) is 7.05 Å². The first-order valence-corrected chi connectivity index (χ1v) is 8.81. The smallest absolute Gasteiger partial charge is 0.265 e. The van der Waals surface area contributed by atoms with Gasteiger partial charge in [0.2, 0.25) is 15.9 Å². The lowest BCUT2D eigenvalue weighted by Crippen LogP contribution is -2.23. The number of oxazole rings is 1. The Morgan fingerprint density at radius 2 is 2.04 bits per heavy atom. The Morgan fingerprint density at radius 1 is 1.32 bits per heavy atom. The molecule has 1 amide bonds. The zero-order chi connectivity index (χ0) is 18.0. The summed E-state index contributed by atoms with van der Waals surface area (Å²) in [6.07, 6.45) is 2.85. The van der Waals surface area contributed by atoms with Gasteiger partial charge in [0.15, 0.2) is 5.76 Å². The standard InChI is InChI=1S/C16H16N4O4S/c1-20-10-12(7-13(20)16(17)21)25(22,23)19-9-15-18-8-14(24-15)11-5-3-2-4-6-11/h2-8,10,19H,9H2,1H3,(H2,17,21). The van der Waals surface area contributed by atoms with Gasteiger partial charge in [-0.3, -0.25) is 4.79 Å². The minimum absolute atomic E-state index is 0.0568. The molecule has 0 radical (unpaired) electrons. The largest absolute Gasteiger partial charge is 0.439 e. The minimum atomic E-state index is -3.83. The number of nitrogens with one attached hydrogen (secondary N) is 1. The van der Waals surface area contributed by atoms with Crippen LogP contribution in [0.3, 0.4) is 0 Å². The quantitative estimate of drug-likeness (QED) is 0.685. The second-order valence-corrected chi connectivity index (χ2v) is 7.11. The van der Waals surface area contributed by atoms with Gasteiger partial charge < -0.3 is 14.7 Å². The van der Waals surface area contributed by atoms with Crippen LogP contribution in [0.5, 0.6) is 0 Å². The fourth-order valence-electron chi connectivity index (χ4n) is 2.29. The molecule has 1 aromatic carbocycles. The lowest BCUT2D eigenvalue weighted by atomic mass is 10.2. The Morgan fingerprint density at radius 3 is 2.68 bits per heavy atom. The number of benzene rings is 1. The maximum Gasteiger partial charge on any atom is 0.265 e. The highest BCUT2D eigenvalue weighted by Crippen LogP contribution is 2.20. The summed E-state index contributed by atoms with van der Waals surface area (Å²) < 4.78 is 33.9. The van der Waals surface area contributed by atoms with Crippen molar-refractivity contribution in [1.29, 1.82) is 0 Å². The van der Waals surface area contributed by atoms with Crippen LogP contribution >= 0.6 is 0 Å². The van der Waals surface area contributed by atoms with Crippen molar-refractivity contribution >= 4 is 15.9 Å². The van der Waals surface area contributed by atoms with Crippen molar-refractivity contribution < 1.29 is 17.6 Å². The van der Waals surface area contributed by atoms with Gasteiger partial charge in [0, 0.05) is 18.8 Å². The van der Waals surface area contributed by atoms with Crippen molar-refractivity contribution in [2.75, 3.05) is 0 Å². The van der Waals surface area contributed by atoms with Crippen LogP contribution in [0.4, 0.5) is 0 Å². The summed E-state index contributed by atoms with van der Waals surface area (Å²) in [7, 11) is -2.29. The normalized spacial score (nSPS) is 11.6. The summed E-state index contributed by atoms with van der Waals surface area (Å²) in [6.45, 7) is -0.115. The highest BCUT2D eigenvalue weighted by Gasteiger charge is 2.20. The Balaban J connectivity index is 1.74. The third-order valence-corrected chi connectivity index (χ3v) is 4.94. The van der Waals surface area contributed by atoms with E-state index in [1.807, 2.05) is 30.3 Å². The third-order valence-electron chi connectivity index (χ3n) is 3.57. The van der Waals surface area contributed by atoms with Gasteiger partial charge >= 0.3 is 0 Å². The van der Waals surface area contributed by atoms with Crippen LogP contribution in [-0.4, -0.2) is 23.9 Å². The molecule has 3 rings (SSSR count). The average molecular weight is 360 g/mol. The first kappa shape index (κ1) is 16.9. The molecule has 0 saturated carbocycles. The van der Waals surface area contributed by atoms with Crippen LogP contribution in [0.15, 0.2) is 58.1 Å². The van der Waals surface area contributed by atoms with Crippen LogP contribution in [-0.2, 0) is 23.6 Å². The van der Waals surface area contributed by atoms with E-state index in [0.29, 0.717) is 5.76 Å². The minimum Gasteiger partial charge on any atom is -0.439 e. The van der Waals surface area contributed by atoms with Crippen molar-refractivity contribution in [3.05, 3.63) is 60.4 Å². The molecule has 130 valence electrons. The van der Waals surface area contributed by atoms with Crippen molar-refractivity contribution in [2.45, 2.75) is 11.4 Å². The van der Waals surface area contributed by atoms with E-state index in [9.17, 15) is 13.2 Å². The number of sulfonamides is 1. The van der Waals surface area contributed by atoms with E-state index < -0.39 is 15.9 Å². The fraction of sp³-hybridized carbons (Fsp3) is 0.125. The molecule has 0 fully saturated rings. The predicted octanol–water partition coefficient (Wildman–Crippen LogP) is 1.26. The molecule has 3 aromatic rings. The molecule has 0 unspecified atom stereocenters. The van der Waals surface area contributed by atoms with Crippen LogP contribution in [0, 0.1) is 0 Å². The monoisotopic (exact) mass is 360 g/mol. The molecule has 0 spiro atoms. The Hall–Kier alpha value is -2.91. The van der Waals surface area contributed by atoms with Gasteiger partial charge in [-0.1, -0.05) is 30.3 Å². The predicted molar refractivity (Wildman–Crippen MR) is 89.9 cm³/mol. The molecule has 2 aromatic heterocycles. The topological polar surface area (TPSA) is 120 Å². The van der Waals surface area contributed by atoms with E-state index >= 15 is 0 Å². The highest BCUT2D eigenvalue weighted by molar-refractivity contribution is 7.89.